The Hall–Kier alpha value is -2.87. The van der Waals surface area contributed by atoms with Crippen molar-refractivity contribution in [2.75, 3.05) is 0 Å². The number of hydrogen-bond acceptors (Lipinski definition) is 4. The molecule has 1 aromatic carbocycles. The van der Waals surface area contributed by atoms with E-state index in [9.17, 15) is 4.79 Å². The summed E-state index contributed by atoms with van der Waals surface area (Å²) in [5.41, 5.74) is 5.83. The third-order valence-corrected chi connectivity index (χ3v) is 2.23. The van der Waals surface area contributed by atoms with Gasteiger partial charge in [0.15, 0.2) is 0 Å². The summed E-state index contributed by atoms with van der Waals surface area (Å²) in [7, 11) is 0. The molecular formula is C13H9N3O2. The minimum Gasteiger partial charge on any atom is -0.455 e. The van der Waals surface area contributed by atoms with E-state index in [2.05, 4.69) is 4.98 Å². The predicted octanol–water partition coefficient (Wildman–Crippen LogP) is 1.84. The van der Waals surface area contributed by atoms with E-state index >= 15 is 0 Å². The molecule has 0 aliphatic carbocycles. The molecule has 0 bridgehead atoms. The third-order valence-electron chi connectivity index (χ3n) is 2.23. The van der Waals surface area contributed by atoms with E-state index in [0.29, 0.717) is 22.8 Å². The van der Waals surface area contributed by atoms with Crippen molar-refractivity contribution in [2.45, 2.75) is 0 Å². The van der Waals surface area contributed by atoms with Crippen molar-refractivity contribution >= 4 is 5.91 Å². The number of nitriles is 1. The number of primary amides is 1. The molecule has 0 saturated heterocycles. The SMILES string of the molecule is N#Cc1ccc(Oc2ccccc2C(N)=O)cn1. The summed E-state index contributed by atoms with van der Waals surface area (Å²) in [6.07, 6.45) is 1.41. The Morgan fingerprint density at radius 3 is 2.67 bits per heavy atom. The minimum absolute atomic E-state index is 0.293. The lowest BCUT2D eigenvalue weighted by Gasteiger charge is -2.08. The number of aromatic nitrogens is 1. The number of benzene rings is 1. The molecule has 0 spiro atoms. The smallest absolute Gasteiger partial charge is 0.252 e. The van der Waals surface area contributed by atoms with Crippen LogP contribution >= 0.6 is 0 Å². The second-order valence-corrected chi connectivity index (χ2v) is 3.45. The van der Waals surface area contributed by atoms with Gasteiger partial charge in [-0.05, 0) is 24.3 Å². The summed E-state index contributed by atoms with van der Waals surface area (Å²) in [6, 6.07) is 11.7. The van der Waals surface area contributed by atoms with Crippen molar-refractivity contribution in [2.24, 2.45) is 5.73 Å². The highest BCUT2D eigenvalue weighted by Gasteiger charge is 2.09. The minimum atomic E-state index is -0.563. The van der Waals surface area contributed by atoms with Gasteiger partial charge in [0.1, 0.15) is 23.3 Å². The Labute approximate surface area is 103 Å². The molecule has 5 nitrogen and oxygen atoms in total. The van der Waals surface area contributed by atoms with E-state index in [4.69, 9.17) is 15.7 Å². The van der Waals surface area contributed by atoms with Crippen LogP contribution in [-0.4, -0.2) is 10.9 Å². The maximum absolute atomic E-state index is 11.2. The Kier molecular flexibility index (Phi) is 3.21. The molecule has 5 heteroatoms. The third kappa shape index (κ3) is 2.44. The van der Waals surface area contributed by atoms with E-state index < -0.39 is 5.91 Å². The number of carbonyl (C=O) groups is 1. The van der Waals surface area contributed by atoms with E-state index in [1.54, 1.807) is 30.3 Å². The normalized spacial score (nSPS) is 9.50. The largest absolute Gasteiger partial charge is 0.455 e. The highest BCUT2D eigenvalue weighted by Crippen LogP contribution is 2.24. The Morgan fingerprint density at radius 1 is 1.28 bits per heavy atom. The summed E-state index contributed by atoms with van der Waals surface area (Å²) in [6.45, 7) is 0. The monoisotopic (exact) mass is 239 g/mol. The summed E-state index contributed by atoms with van der Waals surface area (Å²) in [5, 5.41) is 8.62. The van der Waals surface area contributed by atoms with Crippen LogP contribution in [0.4, 0.5) is 0 Å². The van der Waals surface area contributed by atoms with Crippen LogP contribution in [0.5, 0.6) is 11.5 Å². The van der Waals surface area contributed by atoms with Gasteiger partial charge in [-0.1, -0.05) is 12.1 Å². The van der Waals surface area contributed by atoms with Crippen LogP contribution in [-0.2, 0) is 0 Å². The molecule has 88 valence electrons. The fraction of sp³-hybridized carbons (Fsp3) is 0. The number of nitrogens with zero attached hydrogens (tertiary/aromatic N) is 2. The number of rotatable bonds is 3. The highest BCUT2D eigenvalue weighted by atomic mass is 16.5. The Balaban J connectivity index is 2.28. The van der Waals surface area contributed by atoms with E-state index in [1.807, 2.05) is 6.07 Å². The quantitative estimate of drug-likeness (QED) is 0.884. The van der Waals surface area contributed by atoms with Crippen molar-refractivity contribution in [1.82, 2.24) is 4.98 Å². The second kappa shape index (κ2) is 4.97. The number of pyridine rings is 1. The van der Waals surface area contributed by atoms with Gasteiger partial charge in [0.25, 0.3) is 5.91 Å². The average molecular weight is 239 g/mol. The van der Waals surface area contributed by atoms with Crippen molar-refractivity contribution in [3.05, 3.63) is 53.9 Å². The van der Waals surface area contributed by atoms with Gasteiger partial charge in [-0.15, -0.1) is 0 Å². The first-order valence-corrected chi connectivity index (χ1v) is 5.13. The summed E-state index contributed by atoms with van der Waals surface area (Å²) in [4.78, 5) is 15.1. The topological polar surface area (TPSA) is 89.0 Å². The summed E-state index contributed by atoms with van der Waals surface area (Å²) in [5.74, 6) is 0.228. The molecule has 0 radical (unpaired) electrons. The number of para-hydroxylation sites is 1. The fourth-order valence-corrected chi connectivity index (χ4v) is 1.39. The molecule has 0 aliphatic rings. The lowest BCUT2D eigenvalue weighted by Crippen LogP contribution is -2.11. The van der Waals surface area contributed by atoms with Gasteiger partial charge in [-0.25, -0.2) is 4.98 Å². The van der Waals surface area contributed by atoms with E-state index in [0.717, 1.165) is 0 Å². The molecule has 0 unspecified atom stereocenters. The molecule has 0 atom stereocenters. The fourth-order valence-electron chi connectivity index (χ4n) is 1.39. The zero-order chi connectivity index (χ0) is 13.0. The van der Waals surface area contributed by atoms with Crippen LogP contribution in [0.2, 0.25) is 0 Å². The van der Waals surface area contributed by atoms with Crippen LogP contribution in [0.1, 0.15) is 16.1 Å². The van der Waals surface area contributed by atoms with Crippen molar-refractivity contribution in [3.8, 4) is 17.6 Å². The molecule has 18 heavy (non-hydrogen) atoms. The maximum atomic E-state index is 11.2. The van der Waals surface area contributed by atoms with Gasteiger partial charge in [0.05, 0.1) is 11.8 Å². The first kappa shape index (κ1) is 11.6. The summed E-state index contributed by atoms with van der Waals surface area (Å²) >= 11 is 0. The van der Waals surface area contributed by atoms with Gasteiger partial charge >= 0.3 is 0 Å². The second-order valence-electron chi connectivity index (χ2n) is 3.45. The average Bonchev–Trinajstić information content (AvgIpc) is 2.40. The number of ether oxygens (including phenoxy) is 1. The zero-order valence-electron chi connectivity index (χ0n) is 9.33. The molecule has 1 heterocycles. The molecule has 0 aliphatic heterocycles. The van der Waals surface area contributed by atoms with Gasteiger partial charge in [-0.2, -0.15) is 5.26 Å². The van der Waals surface area contributed by atoms with Gasteiger partial charge in [0, 0.05) is 0 Å². The molecular weight excluding hydrogens is 230 g/mol. The van der Waals surface area contributed by atoms with Crippen LogP contribution in [0.25, 0.3) is 0 Å². The lowest BCUT2D eigenvalue weighted by atomic mass is 10.2. The number of amides is 1. The van der Waals surface area contributed by atoms with Crippen LogP contribution < -0.4 is 10.5 Å². The highest BCUT2D eigenvalue weighted by molar-refractivity contribution is 5.95. The maximum Gasteiger partial charge on any atom is 0.252 e. The molecule has 2 aromatic rings. The van der Waals surface area contributed by atoms with E-state index in [-0.39, 0.29) is 0 Å². The number of carbonyl (C=O) groups excluding carboxylic acids is 1. The van der Waals surface area contributed by atoms with Gasteiger partial charge in [-0.3, -0.25) is 4.79 Å². The summed E-state index contributed by atoms with van der Waals surface area (Å²) < 4.78 is 5.50. The molecule has 1 amide bonds. The van der Waals surface area contributed by atoms with Crippen molar-refractivity contribution in [3.63, 3.8) is 0 Å². The van der Waals surface area contributed by atoms with Gasteiger partial charge < -0.3 is 10.5 Å². The standard InChI is InChI=1S/C13H9N3O2/c14-7-9-5-6-10(8-16-9)18-12-4-2-1-3-11(12)13(15)17/h1-6,8H,(H2,15,17). The number of hydrogen-bond donors (Lipinski definition) is 1. The molecule has 2 rings (SSSR count). The van der Waals surface area contributed by atoms with Crippen LogP contribution in [0, 0.1) is 11.3 Å². The Bertz CT molecular complexity index is 615. The molecule has 2 N–H and O–H groups in total. The number of nitrogens with two attached hydrogens (primary N) is 1. The molecule has 1 aromatic heterocycles. The van der Waals surface area contributed by atoms with Crippen molar-refractivity contribution in [1.29, 1.82) is 5.26 Å². The first-order chi connectivity index (χ1) is 8.70. The Morgan fingerprint density at radius 2 is 2.06 bits per heavy atom. The van der Waals surface area contributed by atoms with Gasteiger partial charge in [0.2, 0.25) is 0 Å². The van der Waals surface area contributed by atoms with Crippen LogP contribution in [0.15, 0.2) is 42.6 Å². The zero-order valence-corrected chi connectivity index (χ0v) is 9.33. The van der Waals surface area contributed by atoms with Crippen molar-refractivity contribution < 1.29 is 9.53 Å². The first-order valence-electron chi connectivity index (χ1n) is 5.13. The van der Waals surface area contributed by atoms with Crippen LogP contribution in [0.3, 0.4) is 0 Å². The molecule has 0 fully saturated rings. The lowest BCUT2D eigenvalue weighted by molar-refractivity contribution is 0.0998. The van der Waals surface area contributed by atoms with E-state index in [1.165, 1.54) is 12.3 Å². The molecule has 0 saturated carbocycles. The predicted molar refractivity (Wildman–Crippen MR) is 64.0 cm³/mol.